The second-order valence-electron chi connectivity index (χ2n) is 5.32. The van der Waals surface area contributed by atoms with Gasteiger partial charge in [0.1, 0.15) is 0 Å². The van der Waals surface area contributed by atoms with Gasteiger partial charge in [0, 0.05) is 24.0 Å². The quantitative estimate of drug-likeness (QED) is 0.632. The predicted octanol–water partition coefficient (Wildman–Crippen LogP) is 1.19. The van der Waals surface area contributed by atoms with Crippen LogP contribution in [0, 0.1) is 0 Å². The van der Waals surface area contributed by atoms with Crippen LogP contribution in [-0.2, 0) is 4.74 Å². The molecule has 0 aromatic carbocycles. The first-order valence-electron chi connectivity index (χ1n) is 7.24. The summed E-state index contributed by atoms with van der Waals surface area (Å²) in [6.07, 6.45) is 2.43. The predicted molar refractivity (Wildman–Crippen MR) is 82.1 cm³/mol. The van der Waals surface area contributed by atoms with Crippen LogP contribution in [-0.4, -0.2) is 49.7 Å². The molecule has 1 saturated carbocycles. The Balaban J connectivity index is 1.64. The lowest BCUT2D eigenvalue weighted by atomic mass is 10.2. The Morgan fingerprint density at radius 1 is 1.50 bits per heavy atom. The van der Waals surface area contributed by atoms with E-state index in [1.165, 1.54) is 17.7 Å². The maximum Gasteiger partial charge on any atom is 0.188 e. The molecule has 3 N–H and O–H groups in total. The van der Waals surface area contributed by atoms with Gasteiger partial charge in [-0.3, -0.25) is 9.89 Å². The highest BCUT2D eigenvalue weighted by molar-refractivity contribution is 7.10. The van der Waals surface area contributed by atoms with E-state index < -0.39 is 0 Å². The summed E-state index contributed by atoms with van der Waals surface area (Å²) < 4.78 is 5.44. The normalized spacial score (nSPS) is 22.7. The molecule has 0 radical (unpaired) electrons. The van der Waals surface area contributed by atoms with Crippen LogP contribution in [0.25, 0.3) is 0 Å². The number of ether oxygens (including phenoxy) is 1. The number of hydrogen-bond donors (Lipinski definition) is 2. The van der Waals surface area contributed by atoms with Gasteiger partial charge in [-0.15, -0.1) is 11.3 Å². The van der Waals surface area contributed by atoms with Crippen molar-refractivity contribution in [2.24, 2.45) is 10.7 Å². The fourth-order valence-electron chi connectivity index (χ4n) is 2.42. The summed E-state index contributed by atoms with van der Waals surface area (Å²) in [5.41, 5.74) is 5.94. The van der Waals surface area contributed by atoms with Crippen molar-refractivity contribution < 1.29 is 4.74 Å². The van der Waals surface area contributed by atoms with E-state index in [-0.39, 0.29) is 0 Å². The molecule has 0 amide bonds. The first kappa shape index (κ1) is 13.9. The van der Waals surface area contributed by atoms with Gasteiger partial charge in [-0.1, -0.05) is 6.07 Å². The molecule has 1 unspecified atom stereocenters. The minimum atomic E-state index is 0.318. The van der Waals surface area contributed by atoms with E-state index in [0.717, 1.165) is 26.3 Å². The summed E-state index contributed by atoms with van der Waals surface area (Å²) >= 11 is 1.79. The molecule has 2 aliphatic rings. The second-order valence-corrected chi connectivity index (χ2v) is 6.30. The molecule has 6 heteroatoms. The van der Waals surface area contributed by atoms with Gasteiger partial charge in [0.15, 0.2) is 5.96 Å². The van der Waals surface area contributed by atoms with Gasteiger partial charge in [-0.2, -0.15) is 0 Å². The fourth-order valence-corrected chi connectivity index (χ4v) is 3.27. The smallest absolute Gasteiger partial charge is 0.188 e. The zero-order valence-corrected chi connectivity index (χ0v) is 12.4. The number of guanidine groups is 1. The lowest BCUT2D eigenvalue weighted by Crippen LogP contribution is -2.41. The molecule has 0 spiro atoms. The molecule has 2 fully saturated rings. The average Bonchev–Trinajstić information content (AvgIpc) is 3.12. The fraction of sp³-hybridized carbons (Fsp3) is 0.643. The van der Waals surface area contributed by atoms with E-state index >= 15 is 0 Å². The molecule has 5 nitrogen and oxygen atoms in total. The maximum atomic E-state index is 5.94. The molecule has 1 saturated heterocycles. The zero-order chi connectivity index (χ0) is 13.8. The van der Waals surface area contributed by atoms with Crippen molar-refractivity contribution in [1.82, 2.24) is 10.2 Å². The summed E-state index contributed by atoms with van der Waals surface area (Å²) in [5.74, 6) is 0.585. The highest BCUT2D eigenvalue weighted by atomic mass is 32.1. The van der Waals surface area contributed by atoms with Gasteiger partial charge in [0.2, 0.25) is 0 Å². The molecule has 20 heavy (non-hydrogen) atoms. The van der Waals surface area contributed by atoms with Crippen LogP contribution in [0.2, 0.25) is 0 Å². The van der Waals surface area contributed by atoms with Crippen molar-refractivity contribution in [2.75, 3.05) is 32.8 Å². The Kier molecular flexibility index (Phi) is 4.54. The summed E-state index contributed by atoms with van der Waals surface area (Å²) in [7, 11) is 0. The van der Waals surface area contributed by atoms with Gasteiger partial charge >= 0.3 is 0 Å². The van der Waals surface area contributed by atoms with E-state index in [1.807, 2.05) is 0 Å². The van der Waals surface area contributed by atoms with Gasteiger partial charge in [0.25, 0.3) is 0 Å². The zero-order valence-electron chi connectivity index (χ0n) is 11.6. The van der Waals surface area contributed by atoms with Crippen molar-refractivity contribution in [2.45, 2.75) is 24.9 Å². The molecular weight excluding hydrogens is 272 g/mol. The van der Waals surface area contributed by atoms with E-state index in [1.54, 1.807) is 11.3 Å². The SMILES string of the molecule is NC(=NCC(c1cccs1)N1CCOCC1)NC1CC1. The Bertz CT molecular complexity index is 438. The molecule has 110 valence electrons. The van der Waals surface area contributed by atoms with Crippen LogP contribution in [0.5, 0.6) is 0 Å². The highest BCUT2D eigenvalue weighted by Crippen LogP contribution is 2.26. The third kappa shape index (κ3) is 3.71. The van der Waals surface area contributed by atoms with Crippen LogP contribution in [0.1, 0.15) is 23.8 Å². The van der Waals surface area contributed by atoms with Crippen LogP contribution in [0.3, 0.4) is 0 Å². The third-order valence-electron chi connectivity index (χ3n) is 3.72. The van der Waals surface area contributed by atoms with Crippen molar-refractivity contribution in [1.29, 1.82) is 0 Å². The lowest BCUT2D eigenvalue weighted by Gasteiger charge is -2.33. The Morgan fingerprint density at radius 2 is 2.30 bits per heavy atom. The second kappa shape index (κ2) is 6.56. The van der Waals surface area contributed by atoms with Crippen molar-refractivity contribution >= 4 is 17.3 Å². The summed E-state index contributed by atoms with van der Waals surface area (Å²) in [6.45, 7) is 4.26. The molecule has 2 heterocycles. The number of nitrogens with two attached hydrogens (primary N) is 1. The number of nitrogens with zero attached hydrogens (tertiary/aromatic N) is 2. The van der Waals surface area contributed by atoms with Crippen molar-refractivity contribution in [3.63, 3.8) is 0 Å². The van der Waals surface area contributed by atoms with Gasteiger partial charge < -0.3 is 15.8 Å². The molecule has 1 aliphatic heterocycles. The summed E-state index contributed by atoms with van der Waals surface area (Å²) in [6, 6.07) is 5.16. The van der Waals surface area contributed by atoms with Crippen LogP contribution in [0.15, 0.2) is 22.5 Å². The standard InChI is InChI=1S/C14H22N4OS/c15-14(17-11-3-4-11)16-10-12(13-2-1-9-20-13)18-5-7-19-8-6-18/h1-2,9,11-12H,3-8,10H2,(H3,15,16,17). The summed E-state index contributed by atoms with van der Waals surface area (Å²) in [5, 5.41) is 5.37. The molecule has 0 bridgehead atoms. The Labute approximate surface area is 123 Å². The molecule has 3 rings (SSSR count). The molecular formula is C14H22N4OS. The first-order valence-corrected chi connectivity index (χ1v) is 8.12. The number of aliphatic imine (C=N–C) groups is 1. The topological polar surface area (TPSA) is 62.9 Å². The number of hydrogen-bond acceptors (Lipinski definition) is 4. The van der Waals surface area contributed by atoms with E-state index in [2.05, 4.69) is 32.7 Å². The Morgan fingerprint density at radius 3 is 2.95 bits per heavy atom. The molecule has 1 aromatic heterocycles. The van der Waals surface area contributed by atoms with Gasteiger partial charge in [-0.05, 0) is 24.3 Å². The monoisotopic (exact) mass is 294 g/mol. The number of morpholine rings is 1. The van der Waals surface area contributed by atoms with Gasteiger partial charge in [0.05, 0.1) is 25.8 Å². The lowest BCUT2D eigenvalue weighted by molar-refractivity contribution is 0.0187. The maximum absolute atomic E-state index is 5.94. The summed E-state index contributed by atoms with van der Waals surface area (Å²) in [4.78, 5) is 8.35. The van der Waals surface area contributed by atoms with Crippen LogP contribution >= 0.6 is 11.3 Å². The average molecular weight is 294 g/mol. The molecule has 1 aromatic rings. The first-order chi connectivity index (χ1) is 9.83. The molecule has 1 aliphatic carbocycles. The van der Waals surface area contributed by atoms with Crippen molar-refractivity contribution in [3.8, 4) is 0 Å². The van der Waals surface area contributed by atoms with Gasteiger partial charge in [-0.25, -0.2) is 0 Å². The number of nitrogens with one attached hydrogen (secondary N) is 1. The van der Waals surface area contributed by atoms with Crippen LogP contribution in [0.4, 0.5) is 0 Å². The van der Waals surface area contributed by atoms with E-state index in [9.17, 15) is 0 Å². The van der Waals surface area contributed by atoms with Crippen LogP contribution < -0.4 is 11.1 Å². The largest absolute Gasteiger partial charge is 0.379 e. The van der Waals surface area contributed by atoms with E-state index in [4.69, 9.17) is 10.5 Å². The minimum absolute atomic E-state index is 0.318. The minimum Gasteiger partial charge on any atom is -0.379 e. The molecule has 1 atom stereocenters. The third-order valence-corrected chi connectivity index (χ3v) is 4.70. The van der Waals surface area contributed by atoms with Crippen molar-refractivity contribution in [3.05, 3.63) is 22.4 Å². The number of rotatable bonds is 5. The Hall–Kier alpha value is -1.11. The highest BCUT2D eigenvalue weighted by Gasteiger charge is 2.24. The van der Waals surface area contributed by atoms with E-state index in [0.29, 0.717) is 24.6 Å². The number of thiophene rings is 1.